The van der Waals surface area contributed by atoms with Crippen LogP contribution < -0.4 is 4.90 Å². The van der Waals surface area contributed by atoms with E-state index in [4.69, 9.17) is 0 Å². The SMILES string of the molecule is Cc1ccc(CN2CC(C(=O)N3CCCN(c4ncccc4C#N)CC3)CC2=O)cc1. The quantitative estimate of drug-likeness (QED) is 0.763. The molecule has 3 heterocycles. The van der Waals surface area contributed by atoms with E-state index in [9.17, 15) is 14.9 Å². The van der Waals surface area contributed by atoms with Crippen molar-refractivity contribution in [2.45, 2.75) is 26.3 Å². The number of rotatable bonds is 4. The molecule has 0 radical (unpaired) electrons. The monoisotopic (exact) mass is 417 g/mol. The summed E-state index contributed by atoms with van der Waals surface area (Å²) >= 11 is 0. The minimum absolute atomic E-state index is 0.0440. The van der Waals surface area contributed by atoms with E-state index in [1.54, 1.807) is 23.2 Å². The lowest BCUT2D eigenvalue weighted by atomic mass is 10.1. The topological polar surface area (TPSA) is 80.5 Å². The number of nitriles is 1. The highest BCUT2D eigenvalue weighted by Gasteiger charge is 2.37. The highest BCUT2D eigenvalue weighted by molar-refractivity contribution is 5.89. The highest BCUT2D eigenvalue weighted by Crippen LogP contribution is 2.24. The van der Waals surface area contributed by atoms with Crippen molar-refractivity contribution in [2.75, 3.05) is 37.6 Å². The summed E-state index contributed by atoms with van der Waals surface area (Å²) < 4.78 is 0. The largest absolute Gasteiger partial charge is 0.354 e. The van der Waals surface area contributed by atoms with E-state index in [-0.39, 0.29) is 24.2 Å². The Kier molecular flexibility index (Phi) is 6.17. The van der Waals surface area contributed by atoms with Crippen LogP contribution in [0, 0.1) is 24.2 Å². The first-order valence-electron chi connectivity index (χ1n) is 10.8. The van der Waals surface area contributed by atoms with E-state index in [0.29, 0.717) is 44.1 Å². The van der Waals surface area contributed by atoms with E-state index in [0.717, 1.165) is 18.5 Å². The Balaban J connectivity index is 1.37. The second-order valence-corrected chi connectivity index (χ2v) is 8.31. The molecule has 2 fully saturated rings. The van der Waals surface area contributed by atoms with Gasteiger partial charge in [0.1, 0.15) is 11.9 Å². The summed E-state index contributed by atoms with van der Waals surface area (Å²) in [7, 11) is 0. The number of hydrogen-bond donors (Lipinski definition) is 0. The smallest absolute Gasteiger partial charge is 0.228 e. The van der Waals surface area contributed by atoms with Crippen LogP contribution in [0.2, 0.25) is 0 Å². The van der Waals surface area contributed by atoms with Gasteiger partial charge in [-0.15, -0.1) is 0 Å². The van der Waals surface area contributed by atoms with E-state index in [1.165, 1.54) is 5.56 Å². The van der Waals surface area contributed by atoms with Crippen LogP contribution in [0.1, 0.15) is 29.5 Å². The second kappa shape index (κ2) is 9.17. The Morgan fingerprint density at radius 2 is 1.97 bits per heavy atom. The molecule has 0 N–H and O–H groups in total. The third-order valence-electron chi connectivity index (χ3n) is 6.07. The molecule has 1 aromatic heterocycles. The average Bonchev–Trinajstić information content (AvgIpc) is 2.99. The number of nitrogens with zero attached hydrogens (tertiary/aromatic N) is 5. The number of pyridine rings is 1. The van der Waals surface area contributed by atoms with Gasteiger partial charge in [-0.1, -0.05) is 29.8 Å². The molecule has 31 heavy (non-hydrogen) atoms. The molecule has 0 saturated carbocycles. The third kappa shape index (κ3) is 4.69. The molecule has 7 heteroatoms. The van der Waals surface area contributed by atoms with Gasteiger partial charge in [0.15, 0.2) is 0 Å². The Hall–Kier alpha value is -3.40. The first-order chi connectivity index (χ1) is 15.0. The van der Waals surface area contributed by atoms with Crippen LogP contribution in [0.25, 0.3) is 0 Å². The van der Waals surface area contributed by atoms with E-state index in [2.05, 4.69) is 16.0 Å². The number of carbonyl (C=O) groups is 2. The zero-order valence-electron chi connectivity index (χ0n) is 17.8. The fourth-order valence-electron chi connectivity index (χ4n) is 4.35. The number of anilines is 1. The molecule has 1 aromatic carbocycles. The van der Waals surface area contributed by atoms with Gasteiger partial charge in [-0.05, 0) is 31.0 Å². The van der Waals surface area contributed by atoms with Crippen molar-refractivity contribution < 1.29 is 9.59 Å². The molecule has 0 spiro atoms. The van der Waals surface area contributed by atoms with Gasteiger partial charge in [-0.3, -0.25) is 9.59 Å². The van der Waals surface area contributed by atoms with Crippen molar-refractivity contribution in [2.24, 2.45) is 5.92 Å². The van der Waals surface area contributed by atoms with Crippen molar-refractivity contribution in [3.05, 3.63) is 59.3 Å². The van der Waals surface area contributed by atoms with Crippen molar-refractivity contribution in [1.29, 1.82) is 5.26 Å². The van der Waals surface area contributed by atoms with Crippen LogP contribution in [-0.4, -0.2) is 59.3 Å². The molecule has 1 atom stereocenters. The molecule has 0 bridgehead atoms. The molecule has 2 aromatic rings. The van der Waals surface area contributed by atoms with Crippen LogP contribution >= 0.6 is 0 Å². The zero-order chi connectivity index (χ0) is 21.8. The maximum Gasteiger partial charge on any atom is 0.228 e. The first-order valence-corrected chi connectivity index (χ1v) is 10.8. The summed E-state index contributed by atoms with van der Waals surface area (Å²) in [5.41, 5.74) is 2.82. The third-order valence-corrected chi connectivity index (χ3v) is 6.07. The summed E-state index contributed by atoms with van der Waals surface area (Å²) in [6, 6.07) is 13.9. The van der Waals surface area contributed by atoms with E-state index in [1.807, 2.05) is 36.1 Å². The second-order valence-electron chi connectivity index (χ2n) is 8.31. The van der Waals surface area contributed by atoms with Gasteiger partial charge in [0.25, 0.3) is 0 Å². The highest BCUT2D eigenvalue weighted by atomic mass is 16.2. The van der Waals surface area contributed by atoms with Gasteiger partial charge in [-0.25, -0.2) is 4.98 Å². The molecule has 2 amide bonds. The van der Waals surface area contributed by atoms with Crippen LogP contribution in [0.5, 0.6) is 0 Å². The Bertz CT molecular complexity index is 998. The predicted octanol–water partition coefficient (Wildman–Crippen LogP) is 2.35. The number of aromatic nitrogens is 1. The van der Waals surface area contributed by atoms with Crippen LogP contribution in [-0.2, 0) is 16.1 Å². The molecular weight excluding hydrogens is 390 g/mol. The lowest BCUT2D eigenvalue weighted by Crippen LogP contribution is -2.40. The maximum atomic E-state index is 13.2. The number of hydrogen-bond acceptors (Lipinski definition) is 5. The number of aryl methyl sites for hydroxylation is 1. The summed E-state index contributed by atoms with van der Waals surface area (Å²) in [6.45, 7) is 5.67. The Morgan fingerprint density at radius 3 is 2.74 bits per heavy atom. The van der Waals surface area contributed by atoms with Crippen molar-refractivity contribution >= 4 is 17.6 Å². The fourth-order valence-corrected chi connectivity index (χ4v) is 4.35. The summed E-state index contributed by atoms with van der Waals surface area (Å²) in [4.78, 5) is 35.8. The predicted molar refractivity (Wildman–Crippen MR) is 117 cm³/mol. The summed E-state index contributed by atoms with van der Waals surface area (Å²) in [5.74, 6) is 0.499. The lowest BCUT2D eigenvalue weighted by molar-refractivity contribution is -0.135. The first kappa shape index (κ1) is 20.9. The van der Waals surface area contributed by atoms with Crippen LogP contribution in [0.3, 0.4) is 0 Å². The minimum Gasteiger partial charge on any atom is -0.354 e. The zero-order valence-corrected chi connectivity index (χ0v) is 17.8. The summed E-state index contributed by atoms with van der Waals surface area (Å²) in [6.07, 6.45) is 2.78. The standard InChI is InChI=1S/C24H27N5O2/c1-18-5-7-19(8-6-18)16-29-17-21(14-22(29)30)24(31)28-11-3-10-27(12-13-28)23-20(15-25)4-2-9-26-23/h2,4-9,21H,3,10-14,16-17H2,1H3. The van der Waals surface area contributed by atoms with Gasteiger partial charge < -0.3 is 14.7 Å². The van der Waals surface area contributed by atoms with Crippen molar-refractivity contribution in [1.82, 2.24) is 14.8 Å². The molecule has 2 aliphatic rings. The molecule has 2 saturated heterocycles. The van der Waals surface area contributed by atoms with Gasteiger partial charge in [0.05, 0.1) is 11.5 Å². The average molecular weight is 418 g/mol. The number of benzene rings is 1. The molecule has 7 nitrogen and oxygen atoms in total. The number of carbonyl (C=O) groups excluding carboxylic acids is 2. The molecule has 160 valence electrons. The molecule has 0 aliphatic carbocycles. The fraction of sp³-hybridized carbons (Fsp3) is 0.417. The normalized spacial score (nSPS) is 19.3. The Labute approximate surface area is 182 Å². The molecule has 2 aliphatic heterocycles. The molecule has 4 rings (SSSR count). The lowest BCUT2D eigenvalue weighted by Gasteiger charge is -2.25. The van der Waals surface area contributed by atoms with Crippen molar-refractivity contribution in [3.63, 3.8) is 0 Å². The molecule has 1 unspecified atom stereocenters. The minimum atomic E-state index is -0.283. The van der Waals surface area contributed by atoms with E-state index >= 15 is 0 Å². The van der Waals surface area contributed by atoms with Gasteiger partial charge >= 0.3 is 0 Å². The van der Waals surface area contributed by atoms with Gasteiger partial charge in [0, 0.05) is 51.9 Å². The Morgan fingerprint density at radius 1 is 1.16 bits per heavy atom. The molecular formula is C24H27N5O2. The van der Waals surface area contributed by atoms with Gasteiger partial charge in [0.2, 0.25) is 11.8 Å². The van der Waals surface area contributed by atoms with Crippen LogP contribution in [0.4, 0.5) is 5.82 Å². The van der Waals surface area contributed by atoms with Gasteiger partial charge in [-0.2, -0.15) is 5.26 Å². The maximum absolute atomic E-state index is 13.2. The van der Waals surface area contributed by atoms with Crippen LogP contribution in [0.15, 0.2) is 42.6 Å². The van der Waals surface area contributed by atoms with Crippen molar-refractivity contribution in [3.8, 4) is 6.07 Å². The summed E-state index contributed by atoms with van der Waals surface area (Å²) in [5, 5.41) is 9.35. The number of likely N-dealkylation sites (tertiary alicyclic amines) is 1. The van der Waals surface area contributed by atoms with E-state index < -0.39 is 0 Å². The number of amides is 2.